The molecule has 0 fully saturated rings. The number of fused-ring (bicyclic) bond motifs is 1. The first kappa shape index (κ1) is 7.42. The number of anilines is 1. The standard InChI is InChI=1S/C7H8N4S/c1-11(2)7-10-6-5(12-7)3-8-4-9-6/h3-4H,1-2H3. The van der Waals surface area contributed by atoms with E-state index in [1.54, 1.807) is 17.5 Å². The molecule has 0 aromatic carbocycles. The average molecular weight is 180 g/mol. The van der Waals surface area contributed by atoms with E-state index in [0.29, 0.717) is 0 Å². The Balaban J connectivity index is 2.62. The van der Waals surface area contributed by atoms with Crippen molar-refractivity contribution in [3.05, 3.63) is 12.5 Å². The summed E-state index contributed by atoms with van der Waals surface area (Å²) in [6.07, 6.45) is 3.30. The van der Waals surface area contributed by atoms with Crippen molar-refractivity contribution in [2.24, 2.45) is 0 Å². The predicted octanol–water partition coefficient (Wildman–Crippen LogP) is 1.15. The van der Waals surface area contributed by atoms with Gasteiger partial charge in [0.05, 0.1) is 4.70 Å². The molecule has 0 radical (unpaired) electrons. The molecule has 0 atom stereocenters. The van der Waals surface area contributed by atoms with E-state index in [2.05, 4.69) is 15.0 Å². The first-order valence-electron chi connectivity index (χ1n) is 3.51. The lowest BCUT2D eigenvalue weighted by Crippen LogP contribution is -2.07. The van der Waals surface area contributed by atoms with Crippen LogP contribution in [0.25, 0.3) is 10.3 Å². The normalized spacial score (nSPS) is 10.5. The summed E-state index contributed by atoms with van der Waals surface area (Å²) in [5, 5.41) is 0.963. The van der Waals surface area contributed by atoms with E-state index in [9.17, 15) is 0 Å². The minimum atomic E-state index is 0.777. The number of hydrogen-bond acceptors (Lipinski definition) is 5. The second-order valence-corrected chi connectivity index (χ2v) is 3.61. The molecule has 0 saturated carbocycles. The molecule has 2 rings (SSSR count). The molecule has 0 aliphatic heterocycles. The lowest BCUT2D eigenvalue weighted by molar-refractivity contribution is 1.10. The molecular weight excluding hydrogens is 172 g/mol. The van der Waals surface area contributed by atoms with Crippen LogP contribution >= 0.6 is 11.3 Å². The van der Waals surface area contributed by atoms with Crippen LogP contribution in [0.15, 0.2) is 12.5 Å². The second kappa shape index (κ2) is 2.67. The van der Waals surface area contributed by atoms with Crippen LogP contribution in [0.1, 0.15) is 0 Å². The van der Waals surface area contributed by atoms with Gasteiger partial charge in [0.2, 0.25) is 0 Å². The Morgan fingerprint density at radius 1 is 1.42 bits per heavy atom. The fourth-order valence-corrected chi connectivity index (χ4v) is 1.68. The molecule has 0 bridgehead atoms. The fraction of sp³-hybridized carbons (Fsp3) is 0.286. The second-order valence-electron chi connectivity index (χ2n) is 2.60. The minimum Gasteiger partial charge on any atom is -0.354 e. The van der Waals surface area contributed by atoms with Crippen molar-refractivity contribution in [1.82, 2.24) is 15.0 Å². The highest BCUT2D eigenvalue weighted by atomic mass is 32.1. The highest BCUT2D eigenvalue weighted by Crippen LogP contribution is 2.24. The number of thiazole rings is 1. The van der Waals surface area contributed by atoms with Gasteiger partial charge in [-0.05, 0) is 0 Å². The summed E-state index contributed by atoms with van der Waals surface area (Å²) in [7, 11) is 3.93. The predicted molar refractivity (Wildman–Crippen MR) is 49.5 cm³/mol. The fourth-order valence-electron chi connectivity index (χ4n) is 0.869. The molecule has 2 aromatic rings. The Morgan fingerprint density at radius 3 is 2.92 bits per heavy atom. The highest BCUT2D eigenvalue weighted by Gasteiger charge is 2.04. The zero-order chi connectivity index (χ0) is 8.55. The SMILES string of the molecule is CN(C)c1nc2ncncc2s1. The Morgan fingerprint density at radius 2 is 2.25 bits per heavy atom. The third-order valence-corrected chi connectivity index (χ3v) is 2.59. The van der Waals surface area contributed by atoms with Gasteiger partial charge in [-0.25, -0.2) is 9.97 Å². The summed E-state index contributed by atoms with van der Waals surface area (Å²) in [5.74, 6) is 0. The molecular formula is C7H8N4S. The van der Waals surface area contributed by atoms with E-state index in [-0.39, 0.29) is 0 Å². The summed E-state index contributed by atoms with van der Waals surface area (Å²) < 4.78 is 1.03. The number of nitrogens with zero attached hydrogens (tertiary/aromatic N) is 4. The van der Waals surface area contributed by atoms with Gasteiger partial charge >= 0.3 is 0 Å². The summed E-state index contributed by atoms with van der Waals surface area (Å²) in [4.78, 5) is 14.2. The molecule has 0 amide bonds. The van der Waals surface area contributed by atoms with Gasteiger partial charge in [-0.15, -0.1) is 0 Å². The smallest absolute Gasteiger partial charge is 0.187 e. The summed E-state index contributed by atoms with van der Waals surface area (Å²) in [6.45, 7) is 0. The van der Waals surface area contributed by atoms with Crippen LogP contribution < -0.4 is 4.90 Å². The van der Waals surface area contributed by atoms with Gasteiger partial charge in [0, 0.05) is 20.3 Å². The van der Waals surface area contributed by atoms with E-state index in [1.807, 2.05) is 19.0 Å². The summed E-state index contributed by atoms with van der Waals surface area (Å²) in [6, 6.07) is 0. The minimum absolute atomic E-state index is 0.777. The number of rotatable bonds is 1. The lowest BCUT2D eigenvalue weighted by Gasteiger charge is -2.04. The van der Waals surface area contributed by atoms with Crippen LogP contribution in [0.5, 0.6) is 0 Å². The maximum Gasteiger partial charge on any atom is 0.187 e. The first-order valence-corrected chi connectivity index (χ1v) is 4.33. The molecule has 0 N–H and O–H groups in total. The summed E-state index contributed by atoms with van der Waals surface area (Å²) in [5.41, 5.74) is 0.777. The monoisotopic (exact) mass is 180 g/mol. The molecule has 12 heavy (non-hydrogen) atoms. The maximum absolute atomic E-state index is 4.31. The van der Waals surface area contributed by atoms with Gasteiger partial charge in [-0.1, -0.05) is 11.3 Å². The number of aromatic nitrogens is 3. The van der Waals surface area contributed by atoms with E-state index in [1.165, 1.54) is 6.33 Å². The zero-order valence-corrected chi connectivity index (χ0v) is 7.67. The van der Waals surface area contributed by atoms with Gasteiger partial charge < -0.3 is 4.90 Å². The van der Waals surface area contributed by atoms with Crippen molar-refractivity contribution in [3.63, 3.8) is 0 Å². The zero-order valence-electron chi connectivity index (χ0n) is 6.85. The van der Waals surface area contributed by atoms with E-state index in [0.717, 1.165) is 15.5 Å². The van der Waals surface area contributed by atoms with Crippen LogP contribution in [-0.4, -0.2) is 29.0 Å². The van der Waals surface area contributed by atoms with Crippen LogP contribution in [-0.2, 0) is 0 Å². The Hall–Kier alpha value is -1.23. The third kappa shape index (κ3) is 1.12. The van der Waals surface area contributed by atoms with E-state index < -0.39 is 0 Å². The van der Waals surface area contributed by atoms with Gasteiger partial charge in [0.15, 0.2) is 10.8 Å². The molecule has 0 unspecified atom stereocenters. The Bertz CT molecular complexity index is 362. The van der Waals surface area contributed by atoms with E-state index >= 15 is 0 Å². The molecule has 5 heteroatoms. The van der Waals surface area contributed by atoms with Crippen LogP contribution in [0.2, 0.25) is 0 Å². The van der Waals surface area contributed by atoms with Gasteiger partial charge in [0.25, 0.3) is 0 Å². The van der Waals surface area contributed by atoms with Crippen molar-refractivity contribution in [1.29, 1.82) is 0 Å². The topological polar surface area (TPSA) is 41.9 Å². The Labute approximate surface area is 73.9 Å². The van der Waals surface area contributed by atoms with Crippen molar-refractivity contribution in [3.8, 4) is 0 Å². The maximum atomic E-state index is 4.31. The van der Waals surface area contributed by atoms with Gasteiger partial charge in [-0.2, -0.15) is 4.98 Å². The van der Waals surface area contributed by atoms with Gasteiger partial charge in [-0.3, -0.25) is 0 Å². The average Bonchev–Trinajstić information content (AvgIpc) is 2.46. The Kier molecular flexibility index (Phi) is 1.65. The molecule has 0 spiro atoms. The van der Waals surface area contributed by atoms with Crippen molar-refractivity contribution >= 4 is 26.8 Å². The largest absolute Gasteiger partial charge is 0.354 e. The van der Waals surface area contributed by atoms with Crippen molar-refractivity contribution < 1.29 is 0 Å². The van der Waals surface area contributed by atoms with Crippen LogP contribution in [0.3, 0.4) is 0 Å². The molecule has 2 aromatic heterocycles. The molecule has 4 nitrogen and oxygen atoms in total. The van der Waals surface area contributed by atoms with E-state index in [4.69, 9.17) is 0 Å². The molecule has 62 valence electrons. The molecule has 2 heterocycles. The highest BCUT2D eigenvalue weighted by molar-refractivity contribution is 7.22. The third-order valence-electron chi connectivity index (χ3n) is 1.44. The molecule has 0 saturated heterocycles. The number of hydrogen-bond donors (Lipinski definition) is 0. The first-order chi connectivity index (χ1) is 5.77. The summed E-state index contributed by atoms with van der Waals surface area (Å²) >= 11 is 1.60. The lowest BCUT2D eigenvalue weighted by atomic mass is 10.6. The van der Waals surface area contributed by atoms with Crippen LogP contribution in [0.4, 0.5) is 5.13 Å². The molecule has 0 aliphatic carbocycles. The van der Waals surface area contributed by atoms with Crippen molar-refractivity contribution in [2.45, 2.75) is 0 Å². The van der Waals surface area contributed by atoms with Crippen LogP contribution in [0, 0.1) is 0 Å². The van der Waals surface area contributed by atoms with Gasteiger partial charge in [0.1, 0.15) is 6.33 Å². The molecule has 0 aliphatic rings. The quantitative estimate of drug-likeness (QED) is 0.660. The van der Waals surface area contributed by atoms with Crippen molar-refractivity contribution in [2.75, 3.05) is 19.0 Å².